The molecule has 5 aliphatic rings. The molecule has 4 bridgehead atoms. The molecule has 1 saturated heterocycles. The van der Waals surface area contributed by atoms with Crippen LogP contribution in [0.15, 0.2) is 34.9 Å². The van der Waals surface area contributed by atoms with Crippen LogP contribution in [0.3, 0.4) is 0 Å². The monoisotopic (exact) mass is 556 g/mol. The predicted molar refractivity (Wildman–Crippen MR) is 146 cm³/mol. The number of nitrogens with zero attached hydrogens (tertiary/aromatic N) is 4. The molecule has 7 rings (SSSR count). The molecule has 4 saturated carbocycles. The fourth-order valence-corrected chi connectivity index (χ4v) is 7.68. The second kappa shape index (κ2) is 10.1. The zero-order valence-electron chi connectivity index (χ0n) is 21.0. The van der Waals surface area contributed by atoms with E-state index in [1.165, 1.54) is 24.9 Å². The molecule has 3 N–H and O–H groups in total. The molecule has 5 fully saturated rings. The van der Waals surface area contributed by atoms with Crippen molar-refractivity contribution in [1.82, 2.24) is 14.9 Å². The molecule has 0 amide bonds. The summed E-state index contributed by atoms with van der Waals surface area (Å²) in [6, 6.07) is 8.94. The van der Waals surface area contributed by atoms with Crippen LogP contribution in [0.2, 0.25) is 0 Å². The van der Waals surface area contributed by atoms with Gasteiger partial charge in [0.1, 0.15) is 5.82 Å². The summed E-state index contributed by atoms with van der Waals surface area (Å²) in [5.41, 5.74) is 2.31. The number of aliphatic hydroxyl groups is 1. The van der Waals surface area contributed by atoms with E-state index in [2.05, 4.69) is 65.6 Å². The molecule has 8 nitrogen and oxygen atoms in total. The molecule has 2 atom stereocenters. The Labute approximate surface area is 222 Å². The van der Waals surface area contributed by atoms with Gasteiger partial charge in [-0.1, -0.05) is 0 Å². The van der Waals surface area contributed by atoms with Crippen LogP contribution < -0.4 is 15.5 Å². The van der Waals surface area contributed by atoms with Crippen LogP contribution in [-0.4, -0.2) is 78.1 Å². The van der Waals surface area contributed by atoms with Crippen molar-refractivity contribution < 1.29 is 9.84 Å². The second-order valence-corrected chi connectivity index (χ2v) is 12.0. The maximum absolute atomic E-state index is 9.15. The number of hydrogen-bond acceptors (Lipinski definition) is 8. The summed E-state index contributed by atoms with van der Waals surface area (Å²) in [5.74, 6) is 3.58. The smallest absolute Gasteiger partial charge is 0.229 e. The lowest BCUT2D eigenvalue weighted by atomic mass is 9.52. The molecule has 1 aromatic carbocycles. The van der Waals surface area contributed by atoms with Crippen molar-refractivity contribution in [2.24, 2.45) is 17.8 Å². The van der Waals surface area contributed by atoms with Gasteiger partial charge in [-0.3, -0.25) is 4.90 Å². The molecule has 1 aliphatic heterocycles. The highest BCUT2D eigenvalue weighted by Crippen LogP contribution is 2.57. The van der Waals surface area contributed by atoms with Gasteiger partial charge in [0.05, 0.1) is 16.7 Å². The molecule has 2 unspecified atom stereocenters. The van der Waals surface area contributed by atoms with Crippen molar-refractivity contribution >= 4 is 39.1 Å². The lowest BCUT2D eigenvalue weighted by Crippen LogP contribution is -2.59. The molecule has 36 heavy (non-hydrogen) atoms. The first-order valence-corrected chi connectivity index (χ1v) is 14.1. The van der Waals surface area contributed by atoms with Gasteiger partial charge in [0.25, 0.3) is 0 Å². The third-order valence-corrected chi connectivity index (χ3v) is 9.55. The standard InChI is InChI=1S/C27H37BrN6O2/c1-36-27-14-18-12-19(15-27)24(20(13-18)16-27)31-25-23(28)17-29-26(32-25)30-21-2-4-22(5-3-21)34-8-6-33(7-9-34)10-11-35/h2-5,17-20,24,35H,6-16H2,1H3,(H2,29,30,31,32). The minimum Gasteiger partial charge on any atom is -0.395 e. The van der Waals surface area contributed by atoms with Crippen LogP contribution in [-0.2, 0) is 4.74 Å². The topological polar surface area (TPSA) is 85.8 Å². The van der Waals surface area contributed by atoms with E-state index in [0.29, 0.717) is 23.8 Å². The van der Waals surface area contributed by atoms with Crippen LogP contribution >= 0.6 is 15.9 Å². The third-order valence-electron chi connectivity index (χ3n) is 8.97. The van der Waals surface area contributed by atoms with Crippen LogP contribution in [0.1, 0.15) is 32.1 Å². The Morgan fingerprint density at radius 3 is 2.47 bits per heavy atom. The molecular weight excluding hydrogens is 520 g/mol. The first kappa shape index (κ1) is 24.4. The van der Waals surface area contributed by atoms with Gasteiger partial charge in [-0.25, -0.2) is 4.98 Å². The number of nitrogens with one attached hydrogen (secondary N) is 2. The minimum atomic E-state index is 0.115. The van der Waals surface area contributed by atoms with Gasteiger partial charge in [-0.15, -0.1) is 0 Å². The van der Waals surface area contributed by atoms with E-state index in [0.717, 1.165) is 67.5 Å². The van der Waals surface area contributed by atoms with E-state index >= 15 is 0 Å². The summed E-state index contributed by atoms with van der Waals surface area (Å²) in [5, 5.41) is 16.3. The SMILES string of the molecule is COC12CC3CC(C1)C(Nc1nc(Nc4ccc(N5CCN(CCO)CC5)cc4)ncc1Br)C(C3)C2. The van der Waals surface area contributed by atoms with E-state index in [1.807, 2.05) is 13.3 Å². The number of ether oxygens (including phenoxy) is 1. The zero-order chi connectivity index (χ0) is 24.7. The van der Waals surface area contributed by atoms with Gasteiger partial charge in [0, 0.05) is 63.4 Å². The Kier molecular flexibility index (Phi) is 6.83. The summed E-state index contributed by atoms with van der Waals surface area (Å²) >= 11 is 3.67. The minimum absolute atomic E-state index is 0.115. The van der Waals surface area contributed by atoms with Gasteiger partial charge in [0.15, 0.2) is 0 Å². The first-order valence-electron chi connectivity index (χ1n) is 13.3. The maximum Gasteiger partial charge on any atom is 0.229 e. The Hall–Kier alpha value is -1.94. The van der Waals surface area contributed by atoms with E-state index in [-0.39, 0.29) is 12.2 Å². The third kappa shape index (κ3) is 4.83. The molecule has 2 heterocycles. The Morgan fingerprint density at radius 2 is 1.81 bits per heavy atom. The molecule has 0 radical (unpaired) electrons. The van der Waals surface area contributed by atoms with Crippen molar-refractivity contribution in [1.29, 1.82) is 0 Å². The van der Waals surface area contributed by atoms with Crippen molar-refractivity contribution in [3.8, 4) is 0 Å². The largest absolute Gasteiger partial charge is 0.395 e. The van der Waals surface area contributed by atoms with Crippen molar-refractivity contribution in [3.05, 3.63) is 34.9 Å². The Morgan fingerprint density at radius 1 is 1.08 bits per heavy atom. The van der Waals surface area contributed by atoms with Gasteiger partial charge < -0.3 is 25.4 Å². The van der Waals surface area contributed by atoms with Crippen molar-refractivity contribution in [2.45, 2.75) is 43.7 Å². The Balaban J connectivity index is 1.10. The van der Waals surface area contributed by atoms with E-state index < -0.39 is 0 Å². The lowest BCUT2D eigenvalue weighted by Gasteiger charge is -2.59. The molecule has 9 heteroatoms. The highest BCUT2D eigenvalue weighted by Gasteiger charge is 2.55. The van der Waals surface area contributed by atoms with Crippen LogP contribution in [0.4, 0.5) is 23.1 Å². The molecule has 2 aromatic rings. The number of halogens is 1. The van der Waals surface area contributed by atoms with Crippen LogP contribution in [0.5, 0.6) is 0 Å². The Bertz CT molecular complexity index is 1040. The fourth-order valence-electron chi connectivity index (χ4n) is 7.38. The van der Waals surface area contributed by atoms with E-state index in [9.17, 15) is 0 Å². The highest BCUT2D eigenvalue weighted by atomic mass is 79.9. The number of benzene rings is 1. The van der Waals surface area contributed by atoms with Gasteiger partial charge in [0.2, 0.25) is 5.95 Å². The first-order chi connectivity index (χ1) is 17.5. The maximum atomic E-state index is 9.15. The van der Waals surface area contributed by atoms with Gasteiger partial charge in [-0.2, -0.15) is 4.98 Å². The fraction of sp³-hybridized carbons (Fsp3) is 0.630. The molecule has 0 spiro atoms. The van der Waals surface area contributed by atoms with Gasteiger partial charge >= 0.3 is 0 Å². The molecule has 1 aromatic heterocycles. The van der Waals surface area contributed by atoms with Crippen LogP contribution in [0.25, 0.3) is 0 Å². The number of aliphatic hydroxyl groups excluding tert-OH is 1. The van der Waals surface area contributed by atoms with Gasteiger partial charge in [-0.05, 0) is 90.1 Å². The lowest BCUT2D eigenvalue weighted by molar-refractivity contribution is -0.149. The number of anilines is 4. The summed E-state index contributed by atoms with van der Waals surface area (Å²) < 4.78 is 6.93. The number of piperazine rings is 1. The summed E-state index contributed by atoms with van der Waals surface area (Å²) in [6.45, 7) is 4.92. The normalized spacial score (nSPS) is 31.6. The molecule has 194 valence electrons. The number of hydrogen-bond donors (Lipinski definition) is 3. The summed E-state index contributed by atoms with van der Waals surface area (Å²) in [6.07, 6.45) is 8.00. The molecule has 4 aliphatic carbocycles. The number of methoxy groups -OCH3 is 1. The average molecular weight is 558 g/mol. The number of β-amino-alcohol motifs (C(OH)–C–C–N with tert-alkyl or cyclic N) is 1. The quantitative estimate of drug-likeness (QED) is 0.448. The van der Waals surface area contributed by atoms with E-state index in [1.54, 1.807) is 0 Å². The number of rotatable bonds is 8. The number of aromatic nitrogens is 2. The predicted octanol–water partition coefficient (Wildman–Crippen LogP) is 4.10. The second-order valence-electron chi connectivity index (χ2n) is 11.1. The van der Waals surface area contributed by atoms with Crippen molar-refractivity contribution in [3.63, 3.8) is 0 Å². The summed E-state index contributed by atoms with van der Waals surface area (Å²) in [4.78, 5) is 14.1. The van der Waals surface area contributed by atoms with E-state index in [4.69, 9.17) is 14.8 Å². The summed E-state index contributed by atoms with van der Waals surface area (Å²) in [7, 11) is 1.90. The molecular formula is C27H37BrN6O2. The zero-order valence-corrected chi connectivity index (χ0v) is 22.6. The average Bonchev–Trinajstić information content (AvgIpc) is 2.89. The van der Waals surface area contributed by atoms with Crippen molar-refractivity contribution in [2.75, 3.05) is 62.0 Å². The van der Waals surface area contributed by atoms with Crippen LogP contribution in [0, 0.1) is 17.8 Å². The highest BCUT2D eigenvalue weighted by molar-refractivity contribution is 9.10.